The Morgan fingerprint density at radius 3 is 2.64 bits per heavy atom. The summed E-state index contributed by atoms with van der Waals surface area (Å²) in [5.74, 6) is 3.77. The van der Waals surface area contributed by atoms with Crippen LogP contribution in [0.5, 0.6) is 5.75 Å². The third-order valence-corrected chi connectivity index (χ3v) is 5.04. The van der Waals surface area contributed by atoms with Crippen molar-refractivity contribution in [2.24, 2.45) is 11.8 Å². The van der Waals surface area contributed by atoms with Crippen molar-refractivity contribution >= 4 is 0 Å². The lowest BCUT2D eigenvalue weighted by atomic mass is 9.77. The van der Waals surface area contributed by atoms with Crippen molar-refractivity contribution < 1.29 is 9.26 Å². The number of ether oxygens (including phenoxy) is 1. The maximum absolute atomic E-state index is 5.48. The van der Waals surface area contributed by atoms with E-state index in [9.17, 15) is 0 Å². The van der Waals surface area contributed by atoms with Crippen molar-refractivity contribution in [3.63, 3.8) is 0 Å². The second-order valence-electron chi connectivity index (χ2n) is 6.34. The number of hydrogen-bond acceptors (Lipinski definition) is 5. The number of piperidine rings is 3. The van der Waals surface area contributed by atoms with E-state index in [1.165, 1.54) is 32.5 Å². The number of nitrogens with zero attached hydrogens (tertiary/aromatic N) is 3. The summed E-state index contributed by atoms with van der Waals surface area (Å²) in [5.41, 5.74) is 0.963. The molecule has 2 bridgehead atoms. The number of methoxy groups -OCH3 is 1. The predicted octanol–water partition coefficient (Wildman–Crippen LogP) is 2.63. The smallest absolute Gasteiger partial charge is 0.227 e. The van der Waals surface area contributed by atoms with Crippen LogP contribution in [0.25, 0.3) is 11.4 Å². The van der Waals surface area contributed by atoms with E-state index in [0.717, 1.165) is 29.5 Å². The molecule has 5 heteroatoms. The Morgan fingerprint density at radius 1 is 1.23 bits per heavy atom. The second-order valence-corrected chi connectivity index (χ2v) is 6.34. The Kier molecular flexibility index (Phi) is 3.58. The zero-order valence-corrected chi connectivity index (χ0v) is 12.9. The van der Waals surface area contributed by atoms with Crippen LogP contribution in [0, 0.1) is 11.8 Å². The highest BCUT2D eigenvalue weighted by Crippen LogP contribution is 2.34. The molecule has 1 unspecified atom stereocenters. The van der Waals surface area contributed by atoms with E-state index in [1.54, 1.807) is 7.11 Å². The van der Waals surface area contributed by atoms with Crippen LogP contribution in [0.3, 0.4) is 0 Å². The molecule has 0 aliphatic carbocycles. The van der Waals surface area contributed by atoms with Gasteiger partial charge in [-0.15, -0.1) is 0 Å². The van der Waals surface area contributed by atoms with Gasteiger partial charge in [0.25, 0.3) is 0 Å². The van der Waals surface area contributed by atoms with Gasteiger partial charge in [-0.3, -0.25) is 0 Å². The lowest BCUT2D eigenvalue weighted by molar-refractivity contribution is 0.0473. The van der Waals surface area contributed by atoms with Gasteiger partial charge in [-0.05, 0) is 62.0 Å². The average Bonchev–Trinajstić information content (AvgIpc) is 3.04. The van der Waals surface area contributed by atoms with Crippen molar-refractivity contribution in [1.82, 2.24) is 15.0 Å². The van der Waals surface area contributed by atoms with Crippen LogP contribution in [-0.2, 0) is 6.42 Å². The maximum Gasteiger partial charge on any atom is 0.227 e. The van der Waals surface area contributed by atoms with E-state index in [2.05, 4.69) is 15.0 Å². The lowest BCUT2D eigenvalue weighted by Gasteiger charge is -2.44. The van der Waals surface area contributed by atoms with Crippen LogP contribution in [0.1, 0.15) is 18.7 Å². The molecular formula is C17H21N3O2. The molecule has 0 amide bonds. The van der Waals surface area contributed by atoms with Crippen LogP contribution in [0.15, 0.2) is 28.8 Å². The van der Waals surface area contributed by atoms with Crippen molar-refractivity contribution in [3.05, 3.63) is 30.2 Å². The first-order valence-corrected chi connectivity index (χ1v) is 8.01. The molecule has 3 fully saturated rings. The molecule has 4 heterocycles. The summed E-state index contributed by atoms with van der Waals surface area (Å²) < 4.78 is 10.6. The molecule has 3 saturated heterocycles. The molecule has 1 aromatic heterocycles. The SMILES string of the molecule is COc1ccc(-c2noc(CC3CN4CCC3CC4)n2)cc1. The second kappa shape index (κ2) is 5.72. The van der Waals surface area contributed by atoms with Crippen molar-refractivity contribution in [2.75, 3.05) is 26.7 Å². The van der Waals surface area contributed by atoms with Gasteiger partial charge >= 0.3 is 0 Å². The van der Waals surface area contributed by atoms with E-state index in [0.29, 0.717) is 11.7 Å². The molecule has 0 saturated carbocycles. The van der Waals surface area contributed by atoms with Gasteiger partial charge in [-0.2, -0.15) is 4.98 Å². The Morgan fingerprint density at radius 2 is 2.00 bits per heavy atom. The summed E-state index contributed by atoms with van der Waals surface area (Å²) >= 11 is 0. The summed E-state index contributed by atoms with van der Waals surface area (Å²) in [5, 5.41) is 4.13. The van der Waals surface area contributed by atoms with Crippen molar-refractivity contribution in [3.8, 4) is 17.1 Å². The lowest BCUT2D eigenvalue weighted by Crippen LogP contribution is -2.48. The van der Waals surface area contributed by atoms with Crippen molar-refractivity contribution in [1.29, 1.82) is 0 Å². The molecule has 1 atom stereocenters. The highest BCUT2D eigenvalue weighted by Gasteiger charge is 2.35. The molecule has 2 aromatic rings. The molecule has 0 N–H and O–H groups in total. The van der Waals surface area contributed by atoms with Crippen LogP contribution < -0.4 is 4.74 Å². The van der Waals surface area contributed by atoms with Crippen LogP contribution in [0.4, 0.5) is 0 Å². The van der Waals surface area contributed by atoms with E-state index < -0.39 is 0 Å². The first-order chi connectivity index (χ1) is 10.8. The van der Waals surface area contributed by atoms with E-state index >= 15 is 0 Å². The van der Waals surface area contributed by atoms with Gasteiger partial charge in [0.2, 0.25) is 11.7 Å². The van der Waals surface area contributed by atoms with Crippen molar-refractivity contribution in [2.45, 2.75) is 19.3 Å². The largest absolute Gasteiger partial charge is 0.497 e. The van der Waals surface area contributed by atoms with Gasteiger partial charge in [0.05, 0.1) is 7.11 Å². The molecule has 3 aliphatic heterocycles. The summed E-state index contributed by atoms with van der Waals surface area (Å²) in [4.78, 5) is 7.14. The molecule has 1 aromatic carbocycles. The minimum Gasteiger partial charge on any atom is -0.497 e. The zero-order chi connectivity index (χ0) is 14.9. The minimum atomic E-state index is 0.666. The fraction of sp³-hybridized carbons (Fsp3) is 0.529. The third kappa shape index (κ3) is 2.61. The number of rotatable bonds is 4. The minimum absolute atomic E-state index is 0.666. The normalized spacial score (nSPS) is 27.0. The molecule has 0 spiro atoms. The quantitative estimate of drug-likeness (QED) is 0.868. The molecule has 0 radical (unpaired) electrons. The highest BCUT2D eigenvalue weighted by molar-refractivity contribution is 5.55. The van der Waals surface area contributed by atoms with Crippen LogP contribution in [-0.4, -0.2) is 41.8 Å². The number of hydrogen-bond donors (Lipinski definition) is 0. The van der Waals surface area contributed by atoms with Crippen LogP contribution >= 0.6 is 0 Å². The van der Waals surface area contributed by atoms with Crippen LogP contribution in [0.2, 0.25) is 0 Å². The number of benzene rings is 1. The van der Waals surface area contributed by atoms with E-state index in [-0.39, 0.29) is 0 Å². The molecule has 5 nitrogen and oxygen atoms in total. The molecule has 5 rings (SSSR count). The van der Waals surface area contributed by atoms with Gasteiger partial charge in [0.1, 0.15) is 5.75 Å². The van der Waals surface area contributed by atoms with Gasteiger partial charge in [0, 0.05) is 18.5 Å². The van der Waals surface area contributed by atoms with E-state index in [4.69, 9.17) is 9.26 Å². The Bertz CT molecular complexity index is 630. The topological polar surface area (TPSA) is 51.4 Å². The maximum atomic E-state index is 5.48. The Labute approximate surface area is 130 Å². The highest BCUT2D eigenvalue weighted by atomic mass is 16.5. The fourth-order valence-corrected chi connectivity index (χ4v) is 3.74. The van der Waals surface area contributed by atoms with Gasteiger partial charge in [0.15, 0.2) is 0 Å². The van der Waals surface area contributed by atoms with E-state index in [1.807, 2.05) is 24.3 Å². The first kappa shape index (κ1) is 13.8. The Balaban J connectivity index is 1.47. The molecule has 3 aliphatic rings. The third-order valence-electron chi connectivity index (χ3n) is 5.04. The predicted molar refractivity (Wildman–Crippen MR) is 82.6 cm³/mol. The van der Waals surface area contributed by atoms with Gasteiger partial charge in [-0.1, -0.05) is 5.16 Å². The average molecular weight is 299 g/mol. The molecule has 22 heavy (non-hydrogen) atoms. The number of aromatic nitrogens is 2. The summed E-state index contributed by atoms with van der Waals surface area (Å²) in [6.45, 7) is 3.72. The Hall–Kier alpha value is -1.88. The summed E-state index contributed by atoms with van der Waals surface area (Å²) in [6.07, 6.45) is 3.55. The standard InChI is InChI=1S/C17H21N3O2/c1-21-15-4-2-13(3-5-15)17-18-16(22-19-17)10-14-11-20-8-6-12(14)7-9-20/h2-5,12,14H,6-11H2,1H3. The van der Waals surface area contributed by atoms with Gasteiger partial charge in [-0.25, -0.2) is 0 Å². The summed E-state index contributed by atoms with van der Waals surface area (Å²) in [6, 6.07) is 7.75. The molecule has 116 valence electrons. The fourth-order valence-electron chi connectivity index (χ4n) is 3.74. The monoisotopic (exact) mass is 299 g/mol. The summed E-state index contributed by atoms with van der Waals surface area (Å²) in [7, 11) is 1.66. The molecular weight excluding hydrogens is 278 g/mol. The van der Waals surface area contributed by atoms with Gasteiger partial charge < -0.3 is 14.2 Å². The number of fused-ring (bicyclic) bond motifs is 3. The zero-order valence-electron chi connectivity index (χ0n) is 12.9. The first-order valence-electron chi connectivity index (χ1n) is 8.01.